The Morgan fingerprint density at radius 2 is 2.40 bits per heavy atom. The van der Waals surface area contributed by atoms with Crippen molar-refractivity contribution < 1.29 is 14.3 Å². The summed E-state index contributed by atoms with van der Waals surface area (Å²) in [6.07, 6.45) is 0. The third-order valence-electron chi connectivity index (χ3n) is 2.38. The van der Waals surface area contributed by atoms with Gasteiger partial charge in [-0.15, -0.1) is 0 Å². The summed E-state index contributed by atoms with van der Waals surface area (Å²) in [6.45, 7) is 2.05. The second-order valence-electron chi connectivity index (χ2n) is 3.30. The number of nitrogens with one attached hydrogen (secondary N) is 1. The summed E-state index contributed by atoms with van der Waals surface area (Å²) in [5.74, 6) is 0.446. The molecule has 4 heteroatoms. The van der Waals surface area contributed by atoms with E-state index >= 15 is 0 Å². The Bertz CT molecular complexity index is 376. The van der Waals surface area contributed by atoms with Crippen LogP contribution in [0.1, 0.15) is 15.9 Å². The maximum absolute atomic E-state index is 11.5. The SMILES string of the molecule is COC(=O)c1cccc2c1CNCCO2. The Morgan fingerprint density at radius 3 is 3.20 bits per heavy atom. The van der Waals surface area contributed by atoms with Crippen LogP contribution in [0, 0.1) is 0 Å². The van der Waals surface area contributed by atoms with Crippen LogP contribution in [0.2, 0.25) is 0 Å². The zero-order chi connectivity index (χ0) is 10.7. The average molecular weight is 207 g/mol. The molecule has 1 aliphatic rings. The second kappa shape index (κ2) is 4.31. The zero-order valence-corrected chi connectivity index (χ0v) is 8.58. The van der Waals surface area contributed by atoms with Gasteiger partial charge in [0.05, 0.1) is 12.7 Å². The summed E-state index contributed by atoms with van der Waals surface area (Å²) in [4.78, 5) is 11.5. The van der Waals surface area contributed by atoms with E-state index in [2.05, 4.69) is 5.32 Å². The molecule has 1 heterocycles. The first kappa shape index (κ1) is 9.98. The fourth-order valence-electron chi connectivity index (χ4n) is 1.63. The highest BCUT2D eigenvalue weighted by atomic mass is 16.5. The van der Waals surface area contributed by atoms with E-state index in [0.717, 1.165) is 17.9 Å². The molecule has 0 spiro atoms. The maximum atomic E-state index is 11.5. The molecule has 1 aromatic rings. The Hall–Kier alpha value is -1.55. The number of fused-ring (bicyclic) bond motifs is 1. The van der Waals surface area contributed by atoms with E-state index in [1.165, 1.54) is 7.11 Å². The molecular weight excluding hydrogens is 194 g/mol. The van der Waals surface area contributed by atoms with Gasteiger partial charge in [0, 0.05) is 18.7 Å². The van der Waals surface area contributed by atoms with Gasteiger partial charge in [-0.2, -0.15) is 0 Å². The number of hydrogen-bond donors (Lipinski definition) is 1. The van der Waals surface area contributed by atoms with Crippen molar-refractivity contribution in [3.63, 3.8) is 0 Å². The molecule has 0 amide bonds. The number of carbonyl (C=O) groups excluding carboxylic acids is 1. The molecule has 0 saturated carbocycles. The molecule has 0 aromatic heterocycles. The molecular formula is C11H13NO3. The largest absolute Gasteiger partial charge is 0.492 e. The molecule has 0 aliphatic carbocycles. The molecule has 80 valence electrons. The van der Waals surface area contributed by atoms with E-state index in [1.54, 1.807) is 12.1 Å². The van der Waals surface area contributed by atoms with Gasteiger partial charge >= 0.3 is 5.97 Å². The molecule has 0 fully saturated rings. The Labute approximate surface area is 88.2 Å². The lowest BCUT2D eigenvalue weighted by Crippen LogP contribution is -2.17. The van der Waals surface area contributed by atoms with Gasteiger partial charge in [0.15, 0.2) is 0 Å². The van der Waals surface area contributed by atoms with Crippen LogP contribution in [-0.4, -0.2) is 26.2 Å². The summed E-state index contributed by atoms with van der Waals surface area (Å²) in [7, 11) is 1.38. The van der Waals surface area contributed by atoms with Crippen LogP contribution >= 0.6 is 0 Å². The summed E-state index contributed by atoms with van der Waals surface area (Å²) in [5, 5.41) is 3.19. The minimum Gasteiger partial charge on any atom is -0.492 e. The summed E-state index contributed by atoms with van der Waals surface area (Å²) >= 11 is 0. The van der Waals surface area contributed by atoms with Gasteiger partial charge < -0.3 is 14.8 Å². The number of carbonyl (C=O) groups is 1. The minimum atomic E-state index is -0.320. The van der Waals surface area contributed by atoms with Crippen LogP contribution in [0.3, 0.4) is 0 Å². The van der Waals surface area contributed by atoms with Gasteiger partial charge in [-0.25, -0.2) is 4.79 Å². The van der Waals surface area contributed by atoms with Crippen LogP contribution in [-0.2, 0) is 11.3 Å². The van der Waals surface area contributed by atoms with Gasteiger partial charge in [0.1, 0.15) is 12.4 Å². The molecule has 0 atom stereocenters. The Kier molecular flexibility index (Phi) is 2.87. The quantitative estimate of drug-likeness (QED) is 0.697. The number of benzene rings is 1. The zero-order valence-electron chi connectivity index (χ0n) is 8.58. The molecule has 0 saturated heterocycles. The molecule has 0 bridgehead atoms. The first-order valence-electron chi connectivity index (χ1n) is 4.86. The highest BCUT2D eigenvalue weighted by Gasteiger charge is 2.17. The van der Waals surface area contributed by atoms with Crippen molar-refractivity contribution in [2.24, 2.45) is 0 Å². The predicted molar refractivity (Wildman–Crippen MR) is 55.0 cm³/mol. The van der Waals surface area contributed by atoms with Crippen LogP contribution < -0.4 is 10.1 Å². The lowest BCUT2D eigenvalue weighted by Gasteiger charge is -2.09. The average Bonchev–Trinajstić information content (AvgIpc) is 2.52. The Balaban J connectivity index is 2.43. The highest BCUT2D eigenvalue weighted by Crippen LogP contribution is 2.24. The fourth-order valence-corrected chi connectivity index (χ4v) is 1.63. The third-order valence-corrected chi connectivity index (χ3v) is 2.38. The molecule has 15 heavy (non-hydrogen) atoms. The van der Waals surface area contributed by atoms with Gasteiger partial charge in [-0.05, 0) is 12.1 Å². The molecule has 1 aliphatic heterocycles. The van der Waals surface area contributed by atoms with E-state index in [9.17, 15) is 4.79 Å². The van der Waals surface area contributed by atoms with Gasteiger partial charge in [0.2, 0.25) is 0 Å². The van der Waals surface area contributed by atoms with Crippen LogP contribution in [0.25, 0.3) is 0 Å². The fraction of sp³-hybridized carbons (Fsp3) is 0.364. The number of methoxy groups -OCH3 is 1. The topological polar surface area (TPSA) is 47.6 Å². The van der Waals surface area contributed by atoms with Crippen molar-refractivity contribution in [3.8, 4) is 5.75 Å². The monoisotopic (exact) mass is 207 g/mol. The maximum Gasteiger partial charge on any atom is 0.338 e. The van der Waals surface area contributed by atoms with Crippen molar-refractivity contribution in [2.45, 2.75) is 6.54 Å². The van der Waals surface area contributed by atoms with Crippen molar-refractivity contribution in [3.05, 3.63) is 29.3 Å². The standard InChI is InChI=1S/C11H13NO3/c1-14-11(13)8-3-2-4-10-9(8)7-12-5-6-15-10/h2-4,12H,5-7H2,1H3. The number of esters is 1. The van der Waals surface area contributed by atoms with Crippen molar-refractivity contribution in [2.75, 3.05) is 20.3 Å². The summed E-state index contributed by atoms with van der Waals surface area (Å²) < 4.78 is 10.2. The van der Waals surface area contributed by atoms with Gasteiger partial charge in [0.25, 0.3) is 0 Å². The van der Waals surface area contributed by atoms with Gasteiger partial charge in [-0.1, -0.05) is 6.07 Å². The first-order chi connectivity index (χ1) is 7.33. The van der Waals surface area contributed by atoms with Crippen molar-refractivity contribution in [1.82, 2.24) is 5.32 Å². The first-order valence-corrected chi connectivity index (χ1v) is 4.86. The van der Waals surface area contributed by atoms with E-state index in [0.29, 0.717) is 18.7 Å². The predicted octanol–water partition coefficient (Wildman–Crippen LogP) is 0.955. The smallest absolute Gasteiger partial charge is 0.338 e. The van der Waals surface area contributed by atoms with Crippen LogP contribution in [0.4, 0.5) is 0 Å². The normalized spacial score (nSPS) is 14.7. The molecule has 2 rings (SSSR count). The van der Waals surface area contributed by atoms with Crippen LogP contribution in [0.15, 0.2) is 18.2 Å². The van der Waals surface area contributed by atoms with E-state index in [1.807, 2.05) is 6.07 Å². The summed E-state index contributed by atoms with van der Waals surface area (Å²) in [5.41, 5.74) is 1.45. The molecule has 0 radical (unpaired) electrons. The lowest BCUT2D eigenvalue weighted by molar-refractivity contribution is 0.0599. The number of rotatable bonds is 1. The van der Waals surface area contributed by atoms with Gasteiger partial charge in [-0.3, -0.25) is 0 Å². The molecule has 4 nitrogen and oxygen atoms in total. The van der Waals surface area contributed by atoms with E-state index in [-0.39, 0.29) is 5.97 Å². The minimum absolute atomic E-state index is 0.320. The molecule has 1 aromatic carbocycles. The van der Waals surface area contributed by atoms with Crippen molar-refractivity contribution >= 4 is 5.97 Å². The van der Waals surface area contributed by atoms with Crippen molar-refractivity contribution in [1.29, 1.82) is 0 Å². The van der Waals surface area contributed by atoms with Crippen LogP contribution in [0.5, 0.6) is 5.75 Å². The van der Waals surface area contributed by atoms with E-state index < -0.39 is 0 Å². The Morgan fingerprint density at radius 1 is 1.53 bits per heavy atom. The highest BCUT2D eigenvalue weighted by molar-refractivity contribution is 5.91. The molecule has 1 N–H and O–H groups in total. The molecule has 0 unspecified atom stereocenters. The number of hydrogen-bond acceptors (Lipinski definition) is 4. The second-order valence-corrected chi connectivity index (χ2v) is 3.30. The number of ether oxygens (including phenoxy) is 2. The van der Waals surface area contributed by atoms with E-state index in [4.69, 9.17) is 9.47 Å². The lowest BCUT2D eigenvalue weighted by atomic mass is 10.1. The third kappa shape index (κ3) is 1.94. The summed E-state index contributed by atoms with van der Waals surface area (Å²) in [6, 6.07) is 5.42.